The van der Waals surface area contributed by atoms with Crippen LogP contribution in [0.4, 0.5) is 0 Å². The van der Waals surface area contributed by atoms with E-state index in [1.54, 1.807) is 12.1 Å². The fourth-order valence-electron chi connectivity index (χ4n) is 2.02. The number of nitrogens with one attached hydrogen (secondary N) is 1. The molecule has 0 unspecified atom stereocenters. The average Bonchev–Trinajstić information content (AvgIpc) is 2.58. The van der Waals surface area contributed by atoms with Crippen molar-refractivity contribution >= 4 is 28.6 Å². The monoisotopic (exact) mass is 314 g/mol. The molecule has 0 saturated heterocycles. The maximum absolute atomic E-state index is 12.0. The summed E-state index contributed by atoms with van der Waals surface area (Å²) in [6.45, 7) is -0.484. The van der Waals surface area contributed by atoms with Gasteiger partial charge in [-0.15, -0.1) is 0 Å². The second-order valence-corrected chi connectivity index (χ2v) is 5.06. The first-order chi connectivity index (χ1) is 11.0. The Labute approximate surface area is 134 Å². The molecule has 0 saturated carbocycles. The van der Waals surface area contributed by atoms with E-state index in [0.29, 0.717) is 5.56 Å². The van der Waals surface area contributed by atoms with Gasteiger partial charge in [0.1, 0.15) is 0 Å². The minimum Gasteiger partial charge on any atom is -0.452 e. The van der Waals surface area contributed by atoms with Crippen molar-refractivity contribution in [1.29, 1.82) is 0 Å². The second kappa shape index (κ2) is 7.40. The van der Waals surface area contributed by atoms with Crippen molar-refractivity contribution in [2.24, 2.45) is 0 Å². The van der Waals surface area contributed by atoms with E-state index in [2.05, 4.69) is 5.32 Å². The minimum atomic E-state index is -0.572. The Balaban J connectivity index is 1.95. The third-order valence-electron chi connectivity index (χ3n) is 3.40. The van der Waals surface area contributed by atoms with Crippen LogP contribution in [0.2, 0.25) is 0 Å². The molecule has 2 aromatic rings. The number of ether oxygens (including phenoxy) is 1. The molecule has 0 aliphatic heterocycles. The van der Waals surface area contributed by atoms with Gasteiger partial charge >= 0.3 is 5.97 Å². The lowest BCUT2D eigenvalue weighted by atomic mass is 10.1. The van der Waals surface area contributed by atoms with Gasteiger partial charge in [-0.3, -0.25) is 9.59 Å². The molecule has 1 N–H and O–H groups in total. The highest BCUT2D eigenvalue weighted by molar-refractivity contribution is 5.96. The summed E-state index contributed by atoms with van der Waals surface area (Å²) in [7, 11) is 2.96. The van der Waals surface area contributed by atoms with E-state index < -0.39 is 18.5 Å². The van der Waals surface area contributed by atoms with Crippen LogP contribution in [0.1, 0.15) is 10.4 Å². The zero-order chi connectivity index (χ0) is 16.8. The summed E-state index contributed by atoms with van der Waals surface area (Å²) in [6, 6.07) is 12.8. The molecule has 0 fully saturated rings. The van der Waals surface area contributed by atoms with Gasteiger partial charge < -0.3 is 15.0 Å². The predicted molar refractivity (Wildman–Crippen MR) is 85.9 cm³/mol. The highest BCUT2D eigenvalue weighted by Crippen LogP contribution is 2.16. The Morgan fingerprint density at radius 1 is 1.09 bits per heavy atom. The summed E-state index contributed by atoms with van der Waals surface area (Å²) >= 11 is 0. The molecule has 2 rings (SSSR count). The summed E-state index contributed by atoms with van der Waals surface area (Å²) in [5.74, 6) is -1.30. The number of carbonyl (C=O) groups is 3. The number of rotatable bonds is 5. The van der Waals surface area contributed by atoms with Crippen LogP contribution >= 0.6 is 0 Å². The quantitative estimate of drug-likeness (QED) is 0.842. The van der Waals surface area contributed by atoms with Gasteiger partial charge in [0, 0.05) is 14.1 Å². The maximum atomic E-state index is 12.0. The zero-order valence-corrected chi connectivity index (χ0v) is 13.0. The van der Waals surface area contributed by atoms with E-state index in [1.165, 1.54) is 19.0 Å². The van der Waals surface area contributed by atoms with Gasteiger partial charge in [-0.25, -0.2) is 4.79 Å². The third kappa shape index (κ3) is 4.29. The number of esters is 1. The predicted octanol–water partition coefficient (Wildman–Crippen LogP) is 1.20. The van der Waals surface area contributed by atoms with E-state index in [1.807, 2.05) is 30.3 Å². The SMILES string of the molecule is CNC(=O)CN(C)C(=O)COC(=O)c1ccc2ccccc2c1. The van der Waals surface area contributed by atoms with E-state index in [9.17, 15) is 14.4 Å². The molecular weight excluding hydrogens is 296 g/mol. The van der Waals surface area contributed by atoms with E-state index in [0.717, 1.165) is 10.8 Å². The third-order valence-corrected chi connectivity index (χ3v) is 3.40. The van der Waals surface area contributed by atoms with E-state index in [-0.39, 0.29) is 12.5 Å². The molecule has 6 heteroatoms. The van der Waals surface area contributed by atoms with Crippen LogP contribution in [0, 0.1) is 0 Å². The summed E-state index contributed by atoms with van der Waals surface area (Å²) in [5, 5.41) is 4.36. The number of fused-ring (bicyclic) bond motifs is 1. The number of likely N-dealkylation sites (N-methyl/N-ethyl adjacent to an activating group) is 2. The van der Waals surface area contributed by atoms with E-state index in [4.69, 9.17) is 4.74 Å². The smallest absolute Gasteiger partial charge is 0.338 e. The highest BCUT2D eigenvalue weighted by Gasteiger charge is 2.15. The number of hydrogen-bond acceptors (Lipinski definition) is 4. The molecule has 0 aromatic heterocycles. The molecule has 2 aromatic carbocycles. The van der Waals surface area contributed by atoms with Gasteiger partial charge in [0.15, 0.2) is 6.61 Å². The van der Waals surface area contributed by atoms with Crippen LogP contribution in [0.15, 0.2) is 42.5 Å². The maximum Gasteiger partial charge on any atom is 0.338 e. The van der Waals surface area contributed by atoms with Crippen molar-refractivity contribution in [3.8, 4) is 0 Å². The Morgan fingerprint density at radius 3 is 2.48 bits per heavy atom. The number of benzene rings is 2. The Bertz CT molecular complexity index is 742. The normalized spacial score (nSPS) is 10.2. The molecule has 6 nitrogen and oxygen atoms in total. The standard InChI is InChI=1S/C17H18N2O4/c1-18-15(20)10-19(2)16(21)11-23-17(22)14-8-7-12-5-3-4-6-13(12)9-14/h3-9H,10-11H2,1-2H3,(H,18,20). The molecule has 0 spiro atoms. The zero-order valence-electron chi connectivity index (χ0n) is 13.0. The van der Waals surface area contributed by atoms with Gasteiger partial charge in [-0.05, 0) is 22.9 Å². The molecule has 23 heavy (non-hydrogen) atoms. The topological polar surface area (TPSA) is 75.7 Å². The Morgan fingerprint density at radius 2 is 1.78 bits per heavy atom. The van der Waals surface area contributed by atoms with Crippen LogP contribution in [0.25, 0.3) is 10.8 Å². The molecule has 0 heterocycles. The second-order valence-electron chi connectivity index (χ2n) is 5.06. The van der Waals surface area contributed by atoms with Crippen molar-refractivity contribution in [3.05, 3.63) is 48.0 Å². The minimum absolute atomic E-state index is 0.0805. The van der Waals surface area contributed by atoms with E-state index >= 15 is 0 Å². The summed E-state index contributed by atoms with van der Waals surface area (Å²) in [4.78, 5) is 36.2. The average molecular weight is 314 g/mol. The van der Waals surface area contributed by atoms with Crippen LogP contribution in [-0.4, -0.2) is 49.9 Å². The fourth-order valence-corrected chi connectivity index (χ4v) is 2.02. The van der Waals surface area contributed by atoms with Crippen LogP contribution in [-0.2, 0) is 14.3 Å². The first-order valence-electron chi connectivity index (χ1n) is 7.11. The number of nitrogens with zero attached hydrogens (tertiary/aromatic N) is 1. The van der Waals surface area contributed by atoms with Crippen molar-refractivity contribution in [2.75, 3.05) is 27.2 Å². The molecule has 0 bridgehead atoms. The van der Waals surface area contributed by atoms with Crippen LogP contribution < -0.4 is 5.32 Å². The van der Waals surface area contributed by atoms with Gasteiger partial charge in [-0.1, -0.05) is 30.3 Å². The molecule has 0 atom stereocenters. The van der Waals surface area contributed by atoms with Crippen molar-refractivity contribution in [1.82, 2.24) is 10.2 Å². The summed E-state index contributed by atoms with van der Waals surface area (Å²) in [6.07, 6.45) is 0. The lowest BCUT2D eigenvalue weighted by Gasteiger charge is -2.15. The first-order valence-corrected chi connectivity index (χ1v) is 7.11. The van der Waals surface area contributed by atoms with Crippen molar-refractivity contribution in [2.45, 2.75) is 0 Å². The lowest BCUT2D eigenvalue weighted by Crippen LogP contribution is -2.39. The molecule has 0 aliphatic carbocycles. The number of carbonyl (C=O) groups excluding carboxylic acids is 3. The highest BCUT2D eigenvalue weighted by atomic mass is 16.5. The lowest BCUT2D eigenvalue weighted by molar-refractivity contribution is -0.137. The molecular formula is C17H18N2O4. The molecule has 2 amide bonds. The number of amides is 2. The molecule has 0 aliphatic rings. The summed E-state index contributed by atoms with van der Waals surface area (Å²) < 4.78 is 5.01. The molecule has 120 valence electrons. The van der Waals surface area contributed by atoms with Gasteiger partial charge in [-0.2, -0.15) is 0 Å². The van der Waals surface area contributed by atoms with Gasteiger partial charge in [0.2, 0.25) is 5.91 Å². The Hall–Kier alpha value is -2.89. The number of hydrogen-bond donors (Lipinski definition) is 1. The largest absolute Gasteiger partial charge is 0.452 e. The van der Waals surface area contributed by atoms with Gasteiger partial charge in [0.05, 0.1) is 12.1 Å². The van der Waals surface area contributed by atoms with Gasteiger partial charge in [0.25, 0.3) is 5.91 Å². The van der Waals surface area contributed by atoms with Crippen molar-refractivity contribution < 1.29 is 19.1 Å². The van der Waals surface area contributed by atoms with Crippen LogP contribution in [0.5, 0.6) is 0 Å². The fraction of sp³-hybridized carbons (Fsp3) is 0.235. The van der Waals surface area contributed by atoms with Crippen molar-refractivity contribution in [3.63, 3.8) is 0 Å². The van der Waals surface area contributed by atoms with Crippen LogP contribution in [0.3, 0.4) is 0 Å². The Kier molecular flexibility index (Phi) is 5.30. The summed E-state index contributed by atoms with van der Waals surface area (Å²) in [5.41, 5.74) is 0.380. The molecule has 0 radical (unpaired) electrons. The first kappa shape index (κ1) is 16.5.